The van der Waals surface area contributed by atoms with Crippen molar-refractivity contribution in [3.05, 3.63) is 49.7 Å². The Morgan fingerprint density at radius 2 is 1.69 bits per heavy atom. The van der Waals surface area contributed by atoms with E-state index in [0.29, 0.717) is 31.0 Å². The van der Waals surface area contributed by atoms with E-state index in [0.717, 1.165) is 63.1 Å². The average molecular weight is 419 g/mol. The standard InChI is InChI=1S/C21H27ClN4O3/c22-16-3-1-4-17(15-16)25-7-9-26(10-8-25)19-18(20(27)21(19)28)23-5-2-6-24-11-13-29-14-12-24/h1,3-4,15,23H,2,5-14H2. The molecule has 0 aromatic heterocycles. The molecule has 8 heteroatoms. The molecule has 2 aliphatic heterocycles. The fourth-order valence-electron chi connectivity index (χ4n) is 4.05. The van der Waals surface area contributed by atoms with Gasteiger partial charge in [-0.3, -0.25) is 14.5 Å². The van der Waals surface area contributed by atoms with Crippen molar-refractivity contribution in [1.82, 2.24) is 4.90 Å². The Hall–Kier alpha value is -2.09. The number of anilines is 3. The Kier molecular flexibility index (Phi) is 6.37. The zero-order valence-electron chi connectivity index (χ0n) is 16.5. The highest BCUT2D eigenvalue weighted by molar-refractivity contribution is 6.30. The molecule has 4 rings (SSSR count). The molecule has 0 spiro atoms. The molecule has 0 bridgehead atoms. The van der Waals surface area contributed by atoms with Crippen molar-refractivity contribution in [3.63, 3.8) is 0 Å². The number of ether oxygens (including phenoxy) is 1. The summed E-state index contributed by atoms with van der Waals surface area (Å²) in [5.74, 6) is 0. The second-order valence-electron chi connectivity index (χ2n) is 7.57. The van der Waals surface area contributed by atoms with Crippen molar-refractivity contribution in [2.24, 2.45) is 0 Å². The molecule has 0 atom stereocenters. The first-order chi connectivity index (χ1) is 14.1. The third-order valence-corrected chi connectivity index (χ3v) is 5.95. The van der Waals surface area contributed by atoms with E-state index in [4.69, 9.17) is 16.3 Å². The number of benzene rings is 1. The highest BCUT2D eigenvalue weighted by Gasteiger charge is 2.28. The number of hydrogen-bond acceptors (Lipinski definition) is 7. The summed E-state index contributed by atoms with van der Waals surface area (Å²) in [5, 5.41) is 3.93. The summed E-state index contributed by atoms with van der Waals surface area (Å²) >= 11 is 6.09. The van der Waals surface area contributed by atoms with Crippen molar-refractivity contribution >= 4 is 28.7 Å². The van der Waals surface area contributed by atoms with Crippen molar-refractivity contribution in [2.45, 2.75) is 6.42 Å². The summed E-state index contributed by atoms with van der Waals surface area (Å²) in [7, 11) is 0. The van der Waals surface area contributed by atoms with Gasteiger partial charge in [0.1, 0.15) is 11.4 Å². The van der Waals surface area contributed by atoms with Crippen LogP contribution in [0.5, 0.6) is 0 Å². The maximum atomic E-state index is 12.2. The minimum atomic E-state index is -0.386. The van der Waals surface area contributed by atoms with Crippen LogP contribution < -0.4 is 26.0 Å². The van der Waals surface area contributed by atoms with Gasteiger partial charge in [0.15, 0.2) is 0 Å². The van der Waals surface area contributed by atoms with E-state index in [-0.39, 0.29) is 10.9 Å². The van der Waals surface area contributed by atoms with Gasteiger partial charge in [0.25, 0.3) is 10.9 Å². The molecule has 2 fully saturated rings. The van der Waals surface area contributed by atoms with Gasteiger partial charge in [0.05, 0.1) is 13.2 Å². The molecule has 0 amide bonds. The number of rotatable bonds is 7. The predicted octanol–water partition coefficient (Wildman–Crippen LogP) is 1.40. The SMILES string of the molecule is O=c1c(NCCCN2CCOCC2)c(N2CCN(c3cccc(Cl)c3)CC2)c1=O. The Labute approximate surface area is 175 Å². The van der Waals surface area contributed by atoms with Gasteiger partial charge >= 0.3 is 0 Å². The molecule has 2 aromatic rings. The highest BCUT2D eigenvalue weighted by atomic mass is 35.5. The van der Waals surface area contributed by atoms with Crippen LogP contribution in [0.2, 0.25) is 5.02 Å². The van der Waals surface area contributed by atoms with Crippen LogP contribution in [0.4, 0.5) is 17.1 Å². The van der Waals surface area contributed by atoms with Gasteiger partial charge in [-0.15, -0.1) is 0 Å². The van der Waals surface area contributed by atoms with Crippen molar-refractivity contribution in [3.8, 4) is 0 Å². The number of nitrogens with zero attached hydrogens (tertiary/aromatic N) is 3. The molecule has 29 heavy (non-hydrogen) atoms. The highest BCUT2D eigenvalue weighted by Crippen LogP contribution is 2.25. The monoisotopic (exact) mass is 418 g/mol. The van der Waals surface area contributed by atoms with Gasteiger partial charge in [0, 0.05) is 56.5 Å². The molecule has 0 saturated carbocycles. The molecule has 0 aliphatic carbocycles. The van der Waals surface area contributed by atoms with Crippen LogP contribution in [-0.2, 0) is 4.74 Å². The number of morpholine rings is 1. The van der Waals surface area contributed by atoms with Crippen LogP contribution in [0.1, 0.15) is 6.42 Å². The second kappa shape index (κ2) is 9.15. The molecular weight excluding hydrogens is 392 g/mol. The summed E-state index contributed by atoms with van der Waals surface area (Å²) in [6, 6.07) is 7.80. The molecule has 156 valence electrons. The Balaban J connectivity index is 1.30. The fourth-order valence-corrected chi connectivity index (χ4v) is 4.23. The largest absolute Gasteiger partial charge is 0.380 e. The third-order valence-electron chi connectivity index (χ3n) is 5.71. The normalized spacial score (nSPS) is 18.4. The molecule has 1 N–H and O–H groups in total. The molecule has 2 aliphatic rings. The summed E-state index contributed by atoms with van der Waals surface area (Å²) in [5.41, 5.74) is 1.39. The maximum absolute atomic E-state index is 12.2. The predicted molar refractivity (Wildman–Crippen MR) is 118 cm³/mol. The smallest absolute Gasteiger partial charge is 0.253 e. The summed E-state index contributed by atoms with van der Waals surface area (Å²) in [4.78, 5) is 30.9. The molecule has 2 aromatic carbocycles. The van der Waals surface area contributed by atoms with Crippen LogP contribution in [0.3, 0.4) is 0 Å². The lowest BCUT2D eigenvalue weighted by Gasteiger charge is -2.38. The Bertz CT molecular complexity index is 898. The molecule has 0 radical (unpaired) electrons. The molecular formula is C21H27ClN4O3. The van der Waals surface area contributed by atoms with Crippen molar-refractivity contribution in [2.75, 3.05) is 80.7 Å². The van der Waals surface area contributed by atoms with E-state index in [9.17, 15) is 9.59 Å². The van der Waals surface area contributed by atoms with E-state index < -0.39 is 0 Å². The minimum Gasteiger partial charge on any atom is -0.380 e. The van der Waals surface area contributed by atoms with E-state index in [2.05, 4.69) is 15.1 Å². The zero-order chi connectivity index (χ0) is 20.2. The van der Waals surface area contributed by atoms with Crippen molar-refractivity contribution in [1.29, 1.82) is 0 Å². The lowest BCUT2D eigenvalue weighted by molar-refractivity contribution is 0.0378. The summed E-state index contributed by atoms with van der Waals surface area (Å²) in [6.45, 7) is 8.15. The van der Waals surface area contributed by atoms with Crippen LogP contribution in [0.15, 0.2) is 33.9 Å². The second-order valence-corrected chi connectivity index (χ2v) is 8.01. The van der Waals surface area contributed by atoms with Gasteiger partial charge in [0.2, 0.25) is 0 Å². The lowest BCUT2D eigenvalue weighted by atomic mass is 10.1. The molecule has 2 heterocycles. The number of hydrogen-bond donors (Lipinski definition) is 1. The lowest BCUT2D eigenvalue weighted by Crippen LogP contribution is -2.51. The van der Waals surface area contributed by atoms with Crippen LogP contribution >= 0.6 is 11.6 Å². The molecule has 7 nitrogen and oxygen atoms in total. The number of nitrogens with one attached hydrogen (secondary N) is 1. The fraction of sp³-hybridized carbons (Fsp3) is 0.524. The Morgan fingerprint density at radius 3 is 2.41 bits per heavy atom. The first kappa shape index (κ1) is 20.2. The van der Waals surface area contributed by atoms with Gasteiger partial charge in [-0.2, -0.15) is 0 Å². The number of halogens is 1. The Morgan fingerprint density at radius 1 is 0.966 bits per heavy atom. The van der Waals surface area contributed by atoms with E-state index in [1.54, 1.807) is 0 Å². The van der Waals surface area contributed by atoms with E-state index in [1.165, 1.54) is 0 Å². The number of piperazine rings is 1. The van der Waals surface area contributed by atoms with E-state index in [1.807, 2.05) is 29.2 Å². The van der Waals surface area contributed by atoms with Gasteiger partial charge in [-0.05, 0) is 31.2 Å². The van der Waals surface area contributed by atoms with Gasteiger partial charge in [-0.1, -0.05) is 17.7 Å². The molecule has 2 saturated heterocycles. The average Bonchev–Trinajstić information content (AvgIpc) is 2.76. The van der Waals surface area contributed by atoms with Crippen molar-refractivity contribution < 1.29 is 4.74 Å². The minimum absolute atomic E-state index is 0.364. The molecule has 0 unspecified atom stereocenters. The van der Waals surface area contributed by atoms with Crippen LogP contribution in [-0.4, -0.2) is 70.5 Å². The van der Waals surface area contributed by atoms with Crippen LogP contribution in [0, 0.1) is 0 Å². The first-order valence-electron chi connectivity index (χ1n) is 10.3. The van der Waals surface area contributed by atoms with Gasteiger partial charge in [-0.25, -0.2) is 0 Å². The van der Waals surface area contributed by atoms with E-state index >= 15 is 0 Å². The zero-order valence-corrected chi connectivity index (χ0v) is 17.3. The summed E-state index contributed by atoms with van der Waals surface area (Å²) in [6.07, 6.45) is 0.931. The van der Waals surface area contributed by atoms with Gasteiger partial charge < -0.3 is 19.9 Å². The maximum Gasteiger partial charge on any atom is 0.253 e. The topological polar surface area (TPSA) is 65.1 Å². The quantitative estimate of drug-likeness (QED) is 0.538. The summed E-state index contributed by atoms with van der Waals surface area (Å²) < 4.78 is 5.36. The van der Waals surface area contributed by atoms with Crippen LogP contribution in [0.25, 0.3) is 0 Å². The third kappa shape index (κ3) is 4.57. The first-order valence-corrected chi connectivity index (χ1v) is 10.6.